The van der Waals surface area contributed by atoms with Gasteiger partial charge in [-0.05, 0) is 23.8 Å². The van der Waals surface area contributed by atoms with Crippen LogP contribution in [-0.4, -0.2) is 35.1 Å². The first kappa shape index (κ1) is 22.7. The lowest BCUT2D eigenvalue weighted by Gasteiger charge is -2.16. The van der Waals surface area contributed by atoms with E-state index in [0.29, 0.717) is 0 Å². The van der Waals surface area contributed by atoms with E-state index in [1.165, 1.54) is 19.2 Å². The first-order chi connectivity index (χ1) is 14.0. The molecule has 0 aliphatic carbocycles. The third-order valence-electron chi connectivity index (χ3n) is 4.18. The van der Waals surface area contributed by atoms with Crippen LogP contribution in [0.4, 0.5) is 18.9 Å². The number of nitrogens with one attached hydrogen (secondary N) is 1. The lowest BCUT2D eigenvalue weighted by Crippen LogP contribution is -2.43. The molecule has 2 aromatic rings. The lowest BCUT2D eigenvalue weighted by molar-refractivity contribution is -0.384. The highest BCUT2D eigenvalue weighted by Gasteiger charge is 2.30. The van der Waals surface area contributed by atoms with Crippen LogP contribution in [-0.2, 0) is 28.6 Å². The molecular formula is C19H17F3N2O6. The maximum Gasteiger partial charge on any atom is 0.416 e. The van der Waals surface area contributed by atoms with E-state index >= 15 is 0 Å². The van der Waals surface area contributed by atoms with Crippen LogP contribution in [0.2, 0.25) is 0 Å². The van der Waals surface area contributed by atoms with Crippen LogP contribution in [0.15, 0.2) is 42.5 Å². The van der Waals surface area contributed by atoms with Gasteiger partial charge in [0.2, 0.25) is 5.91 Å². The minimum absolute atomic E-state index is 0.203. The van der Waals surface area contributed by atoms with Crippen molar-refractivity contribution >= 4 is 17.6 Å². The third kappa shape index (κ3) is 5.93. The summed E-state index contributed by atoms with van der Waals surface area (Å²) in [6.45, 7) is 0. The molecule has 1 amide bonds. The van der Waals surface area contributed by atoms with Crippen molar-refractivity contribution < 1.29 is 37.5 Å². The maximum atomic E-state index is 12.6. The molecule has 0 spiro atoms. The Morgan fingerprint density at radius 3 is 2.33 bits per heavy atom. The Hall–Kier alpha value is -3.63. The Morgan fingerprint density at radius 1 is 1.20 bits per heavy atom. The van der Waals surface area contributed by atoms with Gasteiger partial charge in [-0.25, -0.2) is 4.79 Å². The molecule has 2 rings (SSSR count). The van der Waals surface area contributed by atoms with Crippen molar-refractivity contribution in [2.75, 3.05) is 7.11 Å². The fourth-order valence-electron chi connectivity index (χ4n) is 2.70. The van der Waals surface area contributed by atoms with Gasteiger partial charge in [0.25, 0.3) is 5.69 Å². The highest BCUT2D eigenvalue weighted by atomic mass is 19.4. The summed E-state index contributed by atoms with van der Waals surface area (Å²) in [5.74, 6) is -1.90. The second kappa shape index (κ2) is 9.25. The Balaban J connectivity index is 2.12. The molecule has 0 radical (unpaired) electrons. The fraction of sp³-hybridized carbons (Fsp3) is 0.263. The Kier molecular flexibility index (Phi) is 6.98. The van der Waals surface area contributed by atoms with Gasteiger partial charge >= 0.3 is 12.1 Å². The number of alkyl halides is 3. The van der Waals surface area contributed by atoms with Crippen LogP contribution in [0.5, 0.6) is 5.75 Å². The second-order valence-corrected chi connectivity index (χ2v) is 6.29. The molecule has 30 heavy (non-hydrogen) atoms. The summed E-state index contributed by atoms with van der Waals surface area (Å²) in [7, 11) is 1.31. The number of carboxylic acids is 1. The van der Waals surface area contributed by atoms with E-state index in [4.69, 9.17) is 4.74 Å². The molecule has 0 bridgehead atoms. The van der Waals surface area contributed by atoms with E-state index in [1.54, 1.807) is 0 Å². The van der Waals surface area contributed by atoms with Crippen molar-refractivity contribution in [1.29, 1.82) is 0 Å². The molecule has 8 nitrogen and oxygen atoms in total. The van der Waals surface area contributed by atoms with Gasteiger partial charge in [-0.3, -0.25) is 14.9 Å². The van der Waals surface area contributed by atoms with Crippen molar-refractivity contribution in [1.82, 2.24) is 5.32 Å². The zero-order chi connectivity index (χ0) is 22.5. The van der Waals surface area contributed by atoms with Crippen LogP contribution in [0.25, 0.3) is 0 Å². The van der Waals surface area contributed by atoms with Crippen molar-refractivity contribution in [2.45, 2.75) is 25.1 Å². The first-order valence-corrected chi connectivity index (χ1v) is 8.51. The van der Waals surface area contributed by atoms with Crippen LogP contribution in [0.1, 0.15) is 16.7 Å². The summed E-state index contributed by atoms with van der Waals surface area (Å²) in [6, 6.07) is 6.14. The molecule has 0 unspecified atom stereocenters. The third-order valence-corrected chi connectivity index (χ3v) is 4.18. The number of nitrogens with zero attached hydrogens (tertiary/aromatic N) is 1. The number of halogens is 3. The number of nitro groups is 1. The van der Waals surface area contributed by atoms with Gasteiger partial charge in [-0.2, -0.15) is 13.2 Å². The zero-order valence-corrected chi connectivity index (χ0v) is 15.6. The zero-order valence-electron chi connectivity index (χ0n) is 15.6. The van der Waals surface area contributed by atoms with Crippen LogP contribution < -0.4 is 10.1 Å². The number of hydrogen-bond acceptors (Lipinski definition) is 5. The number of methoxy groups -OCH3 is 1. The van der Waals surface area contributed by atoms with Crippen molar-refractivity contribution in [2.24, 2.45) is 0 Å². The minimum atomic E-state index is -4.51. The predicted molar refractivity (Wildman–Crippen MR) is 98.1 cm³/mol. The molecule has 0 aliphatic rings. The SMILES string of the molecule is COc1ccc([N+](=O)[O-])cc1C[C@@H](NC(=O)Cc1ccc(C(F)(F)F)cc1)C(=O)O. The monoisotopic (exact) mass is 426 g/mol. The molecule has 2 N–H and O–H groups in total. The number of non-ortho nitro benzene ring substituents is 1. The predicted octanol–water partition coefficient (Wildman–Crippen LogP) is 2.98. The smallest absolute Gasteiger partial charge is 0.416 e. The summed E-state index contributed by atoms with van der Waals surface area (Å²) >= 11 is 0. The molecular weight excluding hydrogens is 409 g/mol. The topological polar surface area (TPSA) is 119 Å². The minimum Gasteiger partial charge on any atom is -0.496 e. The van der Waals surface area contributed by atoms with E-state index in [1.807, 2.05) is 0 Å². The van der Waals surface area contributed by atoms with Crippen LogP contribution >= 0.6 is 0 Å². The van der Waals surface area contributed by atoms with Gasteiger partial charge in [0.05, 0.1) is 24.0 Å². The summed E-state index contributed by atoms with van der Waals surface area (Å²) in [5, 5.41) is 22.6. The summed E-state index contributed by atoms with van der Waals surface area (Å²) in [5.41, 5.74) is -0.676. The summed E-state index contributed by atoms with van der Waals surface area (Å²) in [4.78, 5) is 34.0. The van der Waals surface area contributed by atoms with Crippen molar-refractivity contribution in [3.8, 4) is 5.75 Å². The van der Waals surface area contributed by atoms with Gasteiger partial charge in [0.15, 0.2) is 0 Å². The number of amides is 1. The number of rotatable bonds is 8. The first-order valence-electron chi connectivity index (χ1n) is 8.51. The van der Waals surface area contributed by atoms with E-state index in [2.05, 4.69) is 5.32 Å². The molecule has 0 aromatic heterocycles. The molecule has 160 valence electrons. The van der Waals surface area contributed by atoms with Gasteiger partial charge in [0, 0.05) is 24.1 Å². The largest absolute Gasteiger partial charge is 0.496 e. The van der Waals surface area contributed by atoms with E-state index in [0.717, 1.165) is 30.3 Å². The van der Waals surface area contributed by atoms with Gasteiger partial charge < -0.3 is 15.2 Å². The highest BCUT2D eigenvalue weighted by molar-refractivity contribution is 5.85. The van der Waals surface area contributed by atoms with Gasteiger partial charge in [-0.15, -0.1) is 0 Å². The van der Waals surface area contributed by atoms with Crippen LogP contribution in [0, 0.1) is 10.1 Å². The standard InChI is InChI=1S/C19H17F3N2O6/c1-30-16-7-6-14(24(28)29)9-12(16)10-15(18(26)27)23-17(25)8-11-2-4-13(5-3-11)19(20,21)22/h2-7,9,15H,8,10H2,1H3,(H,23,25)(H,26,27)/t15-/m1/s1. The molecule has 0 saturated carbocycles. The Morgan fingerprint density at radius 2 is 1.83 bits per heavy atom. The quantitative estimate of drug-likeness (QED) is 0.495. The second-order valence-electron chi connectivity index (χ2n) is 6.29. The van der Waals surface area contributed by atoms with Crippen molar-refractivity contribution in [3.63, 3.8) is 0 Å². The number of nitro benzene ring substituents is 1. The average molecular weight is 426 g/mol. The number of benzene rings is 2. The number of aliphatic carboxylic acids is 1. The summed E-state index contributed by atoms with van der Waals surface area (Å²) in [6.07, 6.45) is -5.14. The molecule has 0 aliphatic heterocycles. The molecule has 0 saturated heterocycles. The molecule has 0 fully saturated rings. The van der Waals surface area contributed by atoms with Gasteiger partial charge in [0.1, 0.15) is 11.8 Å². The number of ether oxygens (including phenoxy) is 1. The van der Waals surface area contributed by atoms with Crippen molar-refractivity contribution in [3.05, 3.63) is 69.3 Å². The van der Waals surface area contributed by atoms with Crippen LogP contribution in [0.3, 0.4) is 0 Å². The lowest BCUT2D eigenvalue weighted by atomic mass is 10.0. The molecule has 0 heterocycles. The Bertz CT molecular complexity index is 944. The maximum absolute atomic E-state index is 12.6. The number of carbonyl (C=O) groups is 2. The van der Waals surface area contributed by atoms with E-state index in [-0.39, 0.29) is 35.4 Å². The highest BCUT2D eigenvalue weighted by Crippen LogP contribution is 2.29. The Labute approximate surface area is 168 Å². The number of carboxylic acid groups (broad SMARTS) is 1. The fourth-order valence-corrected chi connectivity index (χ4v) is 2.70. The van der Waals surface area contributed by atoms with Gasteiger partial charge in [-0.1, -0.05) is 12.1 Å². The average Bonchev–Trinajstić information content (AvgIpc) is 2.66. The number of hydrogen-bond donors (Lipinski definition) is 2. The van der Waals surface area contributed by atoms with E-state index in [9.17, 15) is 38.0 Å². The van der Waals surface area contributed by atoms with E-state index < -0.39 is 34.6 Å². The number of carbonyl (C=O) groups excluding carboxylic acids is 1. The molecule has 1 atom stereocenters. The normalized spacial score (nSPS) is 12.1. The molecule has 2 aromatic carbocycles. The summed E-state index contributed by atoms with van der Waals surface area (Å²) < 4.78 is 42.9. The molecule has 11 heteroatoms.